The molecular formula is C14H26N2O2. The van der Waals surface area contributed by atoms with Gasteiger partial charge in [0.25, 0.3) is 0 Å². The smallest absolute Gasteiger partial charge is 0.320 e. The summed E-state index contributed by atoms with van der Waals surface area (Å²) in [5.74, 6) is -0.0988. The van der Waals surface area contributed by atoms with Crippen LogP contribution in [-0.4, -0.2) is 29.2 Å². The Kier molecular flexibility index (Phi) is 5.82. The van der Waals surface area contributed by atoms with Crippen molar-refractivity contribution in [2.45, 2.75) is 58.2 Å². The molecule has 1 aliphatic rings. The van der Waals surface area contributed by atoms with Crippen molar-refractivity contribution in [1.29, 1.82) is 0 Å². The number of allylic oxidation sites excluding steroid dienone is 1. The van der Waals surface area contributed by atoms with Gasteiger partial charge in [-0.3, -0.25) is 10.1 Å². The zero-order chi connectivity index (χ0) is 13.7. The van der Waals surface area contributed by atoms with E-state index in [-0.39, 0.29) is 18.0 Å². The highest BCUT2D eigenvalue weighted by molar-refractivity contribution is 5.74. The second kappa shape index (κ2) is 6.90. The van der Waals surface area contributed by atoms with Crippen molar-refractivity contribution in [3.05, 3.63) is 12.2 Å². The maximum absolute atomic E-state index is 11.1. The van der Waals surface area contributed by atoms with Gasteiger partial charge in [0.05, 0.1) is 0 Å². The molecule has 0 aromatic carbocycles. The van der Waals surface area contributed by atoms with Crippen LogP contribution in [0.2, 0.25) is 0 Å². The molecular weight excluding hydrogens is 228 g/mol. The molecule has 0 radical (unpaired) electrons. The van der Waals surface area contributed by atoms with Gasteiger partial charge in [0.1, 0.15) is 6.04 Å². The Hall–Kier alpha value is -0.870. The van der Waals surface area contributed by atoms with E-state index in [1.54, 1.807) is 0 Å². The Morgan fingerprint density at radius 1 is 1.50 bits per heavy atom. The number of hydrogen-bond acceptors (Lipinski definition) is 3. The van der Waals surface area contributed by atoms with Crippen molar-refractivity contribution < 1.29 is 9.90 Å². The third-order valence-corrected chi connectivity index (χ3v) is 4.11. The topological polar surface area (TPSA) is 75.3 Å². The van der Waals surface area contributed by atoms with E-state index >= 15 is 0 Å². The number of aliphatic carboxylic acids is 1. The Bertz CT molecular complexity index is 300. The molecule has 1 heterocycles. The minimum atomic E-state index is -0.774. The normalized spacial score (nSPS) is 30.2. The van der Waals surface area contributed by atoms with Crippen LogP contribution >= 0.6 is 0 Å². The average Bonchev–Trinajstić information content (AvgIpc) is 2.75. The number of carboxylic acids is 1. The number of nitrogens with one attached hydrogen (secondary N) is 1. The van der Waals surface area contributed by atoms with Crippen LogP contribution in [0, 0.1) is 11.8 Å². The van der Waals surface area contributed by atoms with E-state index in [1.807, 2.05) is 13.0 Å². The lowest BCUT2D eigenvalue weighted by Crippen LogP contribution is -2.50. The lowest BCUT2D eigenvalue weighted by molar-refractivity contribution is -0.139. The van der Waals surface area contributed by atoms with Crippen LogP contribution < -0.4 is 11.1 Å². The summed E-state index contributed by atoms with van der Waals surface area (Å²) >= 11 is 0. The second-order valence-corrected chi connectivity index (χ2v) is 5.16. The van der Waals surface area contributed by atoms with E-state index in [0.717, 1.165) is 12.8 Å². The van der Waals surface area contributed by atoms with Gasteiger partial charge in [-0.25, -0.2) is 0 Å². The summed E-state index contributed by atoms with van der Waals surface area (Å²) in [6.45, 7) is 6.25. The lowest BCUT2D eigenvalue weighted by Gasteiger charge is -2.30. The molecule has 4 heteroatoms. The second-order valence-electron chi connectivity index (χ2n) is 5.16. The number of carbonyl (C=O) groups is 1. The van der Waals surface area contributed by atoms with E-state index in [4.69, 9.17) is 10.8 Å². The van der Waals surface area contributed by atoms with Crippen molar-refractivity contribution in [1.82, 2.24) is 5.32 Å². The Morgan fingerprint density at radius 3 is 2.56 bits per heavy atom. The number of nitrogens with two attached hydrogens (primary N) is 1. The predicted molar refractivity (Wildman–Crippen MR) is 73.3 cm³/mol. The molecule has 4 nitrogen and oxygen atoms in total. The van der Waals surface area contributed by atoms with Crippen molar-refractivity contribution in [2.75, 3.05) is 0 Å². The van der Waals surface area contributed by atoms with E-state index in [0.29, 0.717) is 12.3 Å². The summed E-state index contributed by atoms with van der Waals surface area (Å²) in [5.41, 5.74) is 6.34. The molecule has 18 heavy (non-hydrogen) atoms. The summed E-state index contributed by atoms with van der Waals surface area (Å²) in [6, 6.07) is -0.366. The van der Waals surface area contributed by atoms with Crippen LogP contribution in [0.5, 0.6) is 0 Å². The van der Waals surface area contributed by atoms with Gasteiger partial charge in [-0.1, -0.05) is 38.8 Å². The lowest BCUT2D eigenvalue weighted by atomic mass is 9.84. The quantitative estimate of drug-likeness (QED) is 0.631. The van der Waals surface area contributed by atoms with Gasteiger partial charge in [0.15, 0.2) is 0 Å². The fraction of sp³-hybridized carbons (Fsp3) is 0.786. The van der Waals surface area contributed by atoms with Gasteiger partial charge >= 0.3 is 5.97 Å². The Labute approximate surface area is 110 Å². The van der Waals surface area contributed by atoms with Gasteiger partial charge in [-0.15, -0.1) is 0 Å². The number of rotatable bonds is 6. The summed E-state index contributed by atoms with van der Waals surface area (Å²) in [4.78, 5) is 11.1. The standard InChI is InChI=1S/C14H26N2O2/c1-4-7-10-8-11(14(17)18)16-13(10)12(15)9(5-2)6-3/h4,7,9-13,16H,5-6,8,15H2,1-3H3,(H,17,18)/b7-4-/t10-,11-,12-,13?/m1/s1. The monoisotopic (exact) mass is 254 g/mol. The van der Waals surface area contributed by atoms with Crippen LogP contribution in [0.15, 0.2) is 12.2 Å². The Morgan fingerprint density at radius 2 is 2.11 bits per heavy atom. The molecule has 4 N–H and O–H groups in total. The molecule has 0 saturated carbocycles. The first kappa shape index (κ1) is 15.2. The average molecular weight is 254 g/mol. The maximum Gasteiger partial charge on any atom is 0.320 e. The van der Waals surface area contributed by atoms with Crippen molar-refractivity contribution in [3.63, 3.8) is 0 Å². The fourth-order valence-electron chi connectivity index (χ4n) is 2.98. The highest BCUT2D eigenvalue weighted by atomic mass is 16.4. The summed E-state index contributed by atoms with van der Waals surface area (Å²) in [7, 11) is 0. The van der Waals surface area contributed by atoms with E-state index in [2.05, 4.69) is 25.2 Å². The minimum Gasteiger partial charge on any atom is -0.480 e. The number of hydrogen-bond donors (Lipinski definition) is 3. The molecule has 0 aromatic heterocycles. The first-order valence-electron chi connectivity index (χ1n) is 6.92. The molecule has 0 spiro atoms. The third-order valence-electron chi connectivity index (χ3n) is 4.11. The summed E-state index contributed by atoms with van der Waals surface area (Å²) < 4.78 is 0. The molecule has 0 amide bonds. The van der Waals surface area contributed by atoms with E-state index in [1.165, 1.54) is 0 Å². The Balaban J connectivity index is 2.80. The molecule has 0 aliphatic carbocycles. The molecule has 1 aliphatic heterocycles. The highest BCUT2D eigenvalue weighted by Gasteiger charge is 2.40. The van der Waals surface area contributed by atoms with Gasteiger partial charge in [-0.05, 0) is 25.2 Å². The van der Waals surface area contributed by atoms with Crippen LogP contribution in [0.1, 0.15) is 40.0 Å². The first-order chi connectivity index (χ1) is 8.54. The molecule has 4 atom stereocenters. The van der Waals surface area contributed by atoms with Crippen LogP contribution in [0.3, 0.4) is 0 Å². The number of carboxylic acid groups (broad SMARTS) is 1. The van der Waals surface area contributed by atoms with Crippen LogP contribution in [0.4, 0.5) is 0 Å². The maximum atomic E-state index is 11.1. The summed E-state index contributed by atoms with van der Waals surface area (Å²) in [6.07, 6.45) is 6.79. The SMILES string of the molecule is C/C=C\[C@@H]1C[C@H](C(=O)O)NC1[C@H](N)C(CC)CC. The molecule has 1 saturated heterocycles. The molecule has 0 bridgehead atoms. The van der Waals surface area contributed by atoms with Crippen molar-refractivity contribution in [2.24, 2.45) is 17.6 Å². The van der Waals surface area contributed by atoms with Gasteiger partial charge < -0.3 is 10.8 Å². The molecule has 1 rings (SSSR count). The molecule has 104 valence electrons. The third kappa shape index (κ3) is 3.33. The predicted octanol–water partition coefficient (Wildman–Crippen LogP) is 1.76. The largest absolute Gasteiger partial charge is 0.480 e. The summed E-state index contributed by atoms with van der Waals surface area (Å²) in [5, 5.41) is 12.3. The van der Waals surface area contributed by atoms with Crippen LogP contribution in [0.25, 0.3) is 0 Å². The van der Waals surface area contributed by atoms with Gasteiger partial charge in [0, 0.05) is 12.1 Å². The van der Waals surface area contributed by atoms with Crippen molar-refractivity contribution >= 4 is 5.97 Å². The zero-order valence-corrected chi connectivity index (χ0v) is 11.6. The highest BCUT2D eigenvalue weighted by Crippen LogP contribution is 2.28. The molecule has 1 unspecified atom stereocenters. The van der Waals surface area contributed by atoms with Crippen molar-refractivity contribution in [3.8, 4) is 0 Å². The molecule has 0 aromatic rings. The zero-order valence-electron chi connectivity index (χ0n) is 11.6. The van der Waals surface area contributed by atoms with Gasteiger partial charge in [0.2, 0.25) is 0 Å². The fourth-order valence-corrected chi connectivity index (χ4v) is 2.98. The first-order valence-corrected chi connectivity index (χ1v) is 6.92. The van der Waals surface area contributed by atoms with E-state index in [9.17, 15) is 4.79 Å². The molecule has 1 fully saturated rings. The minimum absolute atomic E-state index is 0.0190. The van der Waals surface area contributed by atoms with E-state index < -0.39 is 12.0 Å². The van der Waals surface area contributed by atoms with Crippen LogP contribution in [-0.2, 0) is 4.79 Å². The van der Waals surface area contributed by atoms with Gasteiger partial charge in [-0.2, -0.15) is 0 Å².